The maximum absolute atomic E-state index is 12.4. The summed E-state index contributed by atoms with van der Waals surface area (Å²) >= 11 is 5.34. The highest BCUT2D eigenvalue weighted by Gasteiger charge is 2.19. The molecule has 0 saturated heterocycles. The van der Waals surface area contributed by atoms with E-state index in [0.717, 1.165) is 33.1 Å². The number of hydrogen-bond donors (Lipinski definition) is 2. The van der Waals surface area contributed by atoms with Gasteiger partial charge in [-0.2, -0.15) is 0 Å². The summed E-state index contributed by atoms with van der Waals surface area (Å²) in [6.45, 7) is 7.22. The SMILES string of the molecule is CCOc1ccc(NC(=S)NCCC2C=c3ccc(C)c(C)c3=NC2=O)cc1. The van der Waals surface area contributed by atoms with E-state index in [9.17, 15) is 4.79 Å². The topological polar surface area (TPSA) is 62.7 Å². The van der Waals surface area contributed by atoms with Gasteiger partial charge in [0, 0.05) is 12.2 Å². The molecule has 0 saturated carbocycles. The molecule has 1 amide bonds. The van der Waals surface area contributed by atoms with Gasteiger partial charge in [-0.15, -0.1) is 0 Å². The van der Waals surface area contributed by atoms with Crippen molar-refractivity contribution >= 4 is 35.0 Å². The number of ether oxygens (including phenoxy) is 1. The van der Waals surface area contributed by atoms with Gasteiger partial charge in [0.1, 0.15) is 5.75 Å². The third kappa shape index (κ3) is 4.75. The Morgan fingerprint density at radius 3 is 2.64 bits per heavy atom. The summed E-state index contributed by atoms with van der Waals surface area (Å²) in [5.74, 6) is 0.511. The number of anilines is 1. The zero-order valence-corrected chi connectivity index (χ0v) is 17.2. The van der Waals surface area contributed by atoms with Crippen LogP contribution in [0.15, 0.2) is 41.4 Å². The number of carbonyl (C=O) groups excluding carboxylic acids is 1. The van der Waals surface area contributed by atoms with Gasteiger partial charge in [0.15, 0.2) is 5.11 Å². The van der Waals surface area contributed by atoms with Crippen LogP contribution in [0.4, 0.5) is 5.69 Å². The number of hydrogen-bond acceptors (Lipinski definition) is 3. The molecule has 2 N–H and O–H groups in total. The van der Waals surface area contributed by atoms with E-state index in [0.29, 0.717) is 24.7 Å². The molecule has 28 heavy (non-hydrogen) atoms. The van der Waals surface area contributed by atoms with Crippen LogP contribution in [-0.4, -0.2) is 24.2 Å². The van der Waals surface area contributed by atoms with Crippen LogP contribution in [0.1, 0.15) is 24.5 Å². The van der Waals surface area contributed by atoms with Crippen LogP contribution in [-0.2, 0) is 4.79 Å². The van der Waals surface area contributed by atoms with Crippen molar-refractivity contribution < 1.29 is 9.53 Å². The van der Waals surface area contributed by atoms with Crippen molar-refractivity contribution in [3.05, 3.63) is 58.1 Å². The molecule has 2 aromatic carbocycles. The van der Waals surface area contributed by atoms with Gasteiger partial charge in [-0.1, -0.05) is 18.2 Å². The summed E-state index contributed by atoms with van der Waals surface area (Å²) < 4.78 is 5.43. The van der Waals surface area contributed by atoms with Gasteiger partial charge in [-0.25, -0.2) is 4.99 Å². The lowest BCUT2D eigenvalue weighted by molar-refractivity contribution is -0.120. The molecule has 1 aliphatic rings. The van der Waals surface area contributed by atoms with Crippen LogP contribution in [0.5, 0.6) is 5.75 Å². The second kappa shape index (κ2) is 8.97. The molecule has 146 valence electrons. The number of carbonyl (C=O) groups is 1. The third-order valence-corrected chi connectivity index (χ3v) is 5.06. The van der Waals surface area contributed by atoms with Crippen LogP contribution in [0, 0.1) is 19.8 Å². The van der Waals surface area contributed by atoms with E-state index in [-0.39, 0.29) is 11.8 Å². The Morgan fingerprint density at radius 1 is 1.18 bits per heavy atom. The van der Waals surface area contributed by atoms with E-state index < -0.39 is 0 Å². The minimum atomic E-state index is -0.226. The van der Waals surface area contributed by atoms with Crippen LogP contribution in [0.3, 0.4) is 0 Å². The van der Waals surface area contributed by atoms with Gasteiger partial charge in [0.25, 0.3) is 5.91 Å². The lowest BCUT2D eigenvalue weighted by Gasteiger charge is -2.15. The average molecular weight is 396 g/mol. The minimum Gasteiger partial charge on any atom is -0.494 e. The number of benzene rings is 2. The van der Waals surface area contributed by atoms with Crippen molar-refractivity contribution in [2.45, 2.75) is 27.2 Å². The number of nitrogens with zero attached hydrogens (tertiary/aromatic N) is 1. The molecular weight excluding hydrogens is 370 g/mol. The Morgan fingerprint density at radius 2 is 1.93 bits per heavy atom. The molecular formula is C22H25N3O2S. The first-order valence-corrected chi connectivity index (χ1v) is 9.87. The first-order valence-electron chi connectivity index (χ1n) is 9.46. The summed E-state index contributed by atoms with van der Waals surface area (Å²) in [4.78, 5) is 16.7. The number of rotatable bonds is 6. The number of thiocarbonyl (C=S) groups is 1. The smallest absolute Gasteiger partial charge is 0.253 e. The molecule has 0 aliphatic carbocycles. The van der Waals surface area contributed by atoms with Crippen LogP contribution in [0.25, 0.3) is 6.08 Å². The molecule has 3 rings (SSSR count). The van der Waals surface area contributed by atoms with E-state index in [1.54, 1.807) is 0 Å². The van der Waals surface area contributed by atoms with Crippen molar-refractivity contribution in [1.29, 1.82) is 0 Å². The van der Waals surface area contributed by atoms with Crippen molar-refractivity contribution in [2.24, 2.45) is 10.9 Å². The summed E-state index contributed by atoms with van der Waals surface area (Å²) in [6, 6.07) is 11.7. The highest BCUT2D eigenvalue weighted by Crippen LogP contribution is 2.15. The second-order valence-corrected chi connectivity index (χ2v) is 7.20. The van der Waals surface area contributed by atoms with Crippen LogP contribution >= 0.6 is 12.2 Å². The fourth-order valence-electron chi connectivity index (χ4n) is 3.11. The highest BCUT2D eigenvalue weighted by molar-refractivity contribution is 7.80. The predicted octanol–water partition coefficient (Wildman–Crippen LogP) is 2.64. The van der Waals surface area contributed by atoms with Crippen molar-refractivity contribution in [3.8, 4) is 5.75 Å². The van der Waals surface area contributed by atoms with Gasteiger partial charge in [0.2, 0.25) is 0 Å². The molecule has 1 aliphatic heterocycles. The molecule has 6 heteroatoms. The normalized spacial score (nSPS) is 15.1. The van der Waals surface area contributed by atoms with Crippen LogP contribution < -0.4 is 25.9 Å². The van der Waals surface area contributed by atoms with Crippen molar-refractivity contribution in [2.75, 3.05) is 18.5 Å². The monoisotopic (exact) mass is 395 g/mol. The van der Waals surface area contributed by atoms with E-state index in [1.807, 2.05) is 57.2 Å². The number of aryl methyl sites for hydroxylation is 1. The molecule has 2 aromatic rings. The van der Waals surface area contributed by atoms with Gasteiger partial charge in [-0.05, 0) is 80.0 Å². The molecule has 0 spiro atoms. The van der Waals surface area contributed by atoms with E-state index in [2.05, 4.69) is 21.7 Å². The molecule has 5 nitrogen and oxygen atoms in total. The van der Waals surface area contributed by atoms with E-state index in [1.165, 1.54) is 0 Å². The number of nitrogens with one attached hydrogen (secondary N) is 2. The Bertz CT molecular complexity index is 1000. The van der Waals surface area contributed by atoms with Crippen LogP contribution in [0.2, 0.25) is 0 Å². The molecule has 0 radical (unpaired) electrons. The van der Waals surface area contributed by atoms with Gasteiger partial charge < -0.3 is 15.4 Å². The maximum atomic E-state index is 12.4. The largest absolute Gasteiger partial charge is 0.494 e. The summed E-state index contributed by atoms with van der Waals surface area (Å²) in [5, 5.41) is 8.66. The predicted molar refractivity (Wildman–Crippen MR) is 116 cm³/mol. The maximum Gasteiger partial charge on any atom is 0.253 e. The average Bonchev–Trinajstić information content (AvgIpc) is 2.68. The first-order chi connectivity index (χ1) is 13.5. The lowest BCUT2D eigenvalue weighted by Crippen LogP contribution is -2.37. The molecule has 0 fully saturated rings. The zero-order chi connectivity index (χ0) is 20.1. The van der Waals surface area contributed by atoms with Crippen molar-refractivity contribution in [1.82, 2.24) is 5.32 Å². The van der Waals surface area contributed by atoms with Crippen molar-refractivity contribution in [3.63, 3.8) is 0 Å². The summed E-state index contributed by atoms with van der Waals surface area (Å²) in [5.41, 5.74) is 3.10. The number of fused-ring (bicyclic) bond motifs is 1. The quantitative estimate of drug-likeness (QED) is 0.737. The standard InChI is InChI=1S/C22H25N3O2S/c1-4-27-19-9-7-18(8-10-19)24-22(28)23-12-11-17-13-16-6-5-14(2)15(3)20(16)25-21(17)26/h5-10,13,17H,4,11-12H2,1-3H3,(H2,23,24,28). The molecule has 0 bridgehead atoms. The Kier molecular flexibility index (Phi) is 6.41. The molecule has 1 atom stereocenters. The fourth-order valence-corrected chi connectivity index (χ4v) is 3.33. The molecule has 0 aromatic heterocycles. The Balaban J connectivity index is 1.54. The summed E-state index contributed by atoms with van der Waals surface area (Å²) in [7, 11) is 0. The first kappa shape index (κ1) is 20.0. The highest BCUT2D eigenvalue weighted by atomic mass is 32.1. The summed E-state index contributed by atoms with van der Waals surface area (Å²) in [6.07, 6.45) is 2.65. The second-order valence-electron chi connectivity index (χ2n) is 6.80. The zero-order valence-electron chi connectivity index (χ0n) is 16.4. The lowest BCUT2D eigenvalue weighted by atomic mass is 9.98. The minimum absolute atomic E-state index is 0.0895. The van der Waals surface area contributed by atoms with Gasteiger partial charge >= 0.3 is 0 Å². The van der Waals surface area contributed by atoms with E-state index >= 15 is 0 Å². The number of amides is 1. The van der Waals surface area contributed by atoms with Gasteiger partial charge in [0.05, 0.1) is 17.9 Å². The fraction of sp³-hybridized carbons (Fsp3) is 0.318. The Labute approximate surface area is 170 Å². The van der Waals surface area contributed by atoms with Gasteiger partial charge in [-0.3, -0.25) is 4.79 Å². The Hall–Kier alpha value is -2.73. The molecule has 1 heterocycles. The molecule has 1 unspecified atom stereocenters. The van der Waals surface area contributed by atoms with E-state index in [4.69, 9.17) is 17.0 Å². The third-order valence-electron chi connectivity index (χ3n) is 4.82.